The number of aromatic nitrogens is 2. The fraction of sp³-hybridized carbons (Fsp3) is 0.333. The van der Waals surface area contributed by atoms with Gasteiger partial charge in [-0.25, -0.2) is 0 Å². The lowest BCUT2D eigenvalue weighted by atomic mass is 10.1. The summed E-state index contributed by atoms with van der Waals surface area (Å²) in [5.41, 5.74) is 1.87. The van der Waals surface area contributed by atoms with E-state index in [2.05, 4.69) is 10.3 Å². The Kier molecular flexibility index (Phi) is 4.00. The van der Waals surface area contributed by atoms with E-state index >= 15 is 0 Å². The predicted octanol–water partition coefficient (Wildman–Crippen LogP) is 2.67. The van der Waals surface area contributed by atoms with E-state index in [-0.39, 0.29) is 11.6 Å². The SMILES string of the molecule is CC(C)Nc1ccn(C(C)c2cccnc2)c(=O)c1. The normalized spacial score (nSPS) is 12.4. The minimum atomic E-state index is -0.0192. The van der Waals surface area contributed by atoms with Crippen LogP contribution >= 0.6 is 0 Å². The van der Waals surface area contributed by atoms with Crippen molar-refractivity contribution < 1.29 is 0 Å². The molecule has 4 nitrogen and oxygen atoms in total. The number of nitrogens with zero attached hydrogens (tertiary/aromatic N) is 2. The molecule has 0 spiro atoms. The summed E-state index contributed by atoms with van der Waals surface area (Å²) in [6.07, 6.45) is 5.34. The molecule has 4 heteroatoms. The summed E-state index contributed by atoms with van der Waals surface area (Å²) in [7, 11) is 0. The van der Waals surface area contributed by atoms with E-state index in [1.807, 2.05) is 45.2 Å². The number of nitrogens with one attached hydrogen (secondary N) is 1. The van der Waals surface area contributed by atoms with Crippen molar-refractivity contribution in [3.8, 4) is 0 Å². The Balaban J connectivity index is 2.29. The molecule has 0 aliphatic heterocycles. The number of hydrogen-bond donors (Lipinski definition) is 1. The quantitative estimate of drug-likeness (QED) is 0.916. The van der Waals surface area contributed by atoms with Gasteiger partial charge in [0.2, 0.25) is 0 Å². The molecular weight excluding hydrogens is 238 g/mol. The predicted molar refractivity (Wildman–Crippen MR) is 77.5 cm³/mol. The van der Waals surface area contributed by atoms with Gasteiger partial charge in [-0.15, -0.1) is 0 Å². The second-order valence-electron chi connectivity index (χ2n) is 4.92. The zero-order chi connectivity index (χ0) is 13.8. The van der Waals surface area contributed by atoms with Gasteiger partial charge in [-0.05, 0) is 38.5 Å². The molecule has 0 aromatic carbocycles. The lowest BCUT2D eigenvalue weighted by molar-refractivity contribution is 0.612. The third-order valence-corrected chi connectivity index (χ3v) is 2.99. The fourth-order valence-corrected chi connectivity index (χ4v) is 2.02. The maximum absolute atomic E-state index is 12.1. The minimum absolute atomic E-state index is 0.0120. The van der Waals surface area contributed by atoms with E-state index in [4.69, 9.17) is 0 Å². The first-order chi connectivity index (χ1) is 9.08. The number of hydrogen-bond acceptors (Lipinski definition) is 3. The molecule has 0 aliphatic rings. The number of pyridine rings is 2. The van der Waals surface area contributed by atoms with Crippen molar-refractivity contribution in [2.45, 2.75) is 32.9 Å². The third-order valence-electron chi connectivity index (χ3n) is 2.99. The van der Waals surface area contributed by atoms with Crippen LogP contribution in [0.4, 0.5) is 5.69 Å². The summed E-state index contributed by atoms with van der Waals surface area (Å²) in [6.45, 7) is 6.08. The van der Waals surface area contributed by atoms with Crippen LogP contribution in [0.2, 0.25) is 0 Å². The Morgan fingerprint density at radius 2 is 2.05 bits per heavy atom. The molecule has 0 amide bonds. The first-order valence-corrected chi connectivity index (χ1v) is 6.46. The third kappa shape index (κ3) is 3.22. The average Bonchev–Trinajstić information content (AvgIpc) is 2.38. The summed E-state index contributed by atoms with van der Waals surface area (Å²) >= 11 is 0. The minimum Gasteiger partial charge on any atom is -0.383 e. The van der Waals surface area contributed by atoms with Crippen LogP contribution in [0.25, 0.3) is 0 Å². The summed E-state index contributed by atoms with van der Waals surface area (Å²) in [4.78, 5) is 16.2. The van der Waals surface area contributed by atoms with E-state index < -0.39 is 0 Å². The zero-order valence-corrected chi connectivity index (χ0v) is 11.5. The molecule has 1 N–H and O–H groups in total. The molecular formula is C15H19N3O. The van der Waals surface area contributed by atoms with Gasteiger partial charge in [0.25, 0.3) is 5.56 Å². The van der Waals surface area contributed by atoms with Gasteiger partial charge in [0.15, 0.2) is 0 Å². The van der Waals surface area contributed by atoms with Gasteiger partial charge < -0.3 is 9.88 Å². The summed E-state index contributed by atoms with van der Waals surface area (Å²) in [5, 5.41) is 3.23. The van der Waals surface area contributed by atoms with Crippen molar-refractivity contribution in [3.63, 3.8) is 0 Å². The molecule has 2 aromatic rings. The van der Waals surface area contributed by atoms with Crippen molar-refractivity contribution in [2.75, 3.05) is 5.32 Å². The molecule has 0 saturated carbocycles. The summed E-state index contributed by atoms with van der Waals surface area (Å²) < 4.78 is 1.71. The van der Waals surface area contributed by atoms with Crippen LogP contribution in [0.5, 0.6) is 0 Å². The van der Waals surface area contributed by atoms with E-state index in [0.717, 1.165) is 11.3 Å². The largest absolute Gasteiger partial charge is 0.383 e. The highest BCUT2D eigenvalue weighted by Crippen LogP contribution is 2.15. The number of rotatable bonds is 4. The fourth-order valence-electron chi connectivity index (χ4n) is 2.02. The van der Waals surface area contributed by atoms with Crippen molar-refractivity contribution >= 4 is 5.69 Å². The molecule has 0 fully saturated rings. The molecule has 2 heterocycles. The summed E-state index contributed by atoms with van der Waals surface area (Å²) in [6, 6.07) is 7.71. The molecule has 100 valence electrons. The second-order valence-corrected chi connectivity index (χ2v) is 4.92. The van der Waals surface area contributed by atoms with E-state index in [1.165, 1.54) is 0 Å². The Bertz CT molecular complexity index is 590. The van der Waals surface area contributed by atoms with Gasteiger partial charge in [0.1, 0.15) is 0 Å². The van der Waals surface area contributed by atoms with Gasteiger partial charge >= 0.3 is 0 Å². The highest BCUT2D eigenvalue weighted by molar-refractivity contribution is 5.42. The standard InChI is InChI=1S/C15H19N3O/c1-11(2)17-14-6-8-18(15(19)9-14)12(3)13-5-4-7-16-10-13/h4-12,17H,1-3H3. The van der Waals surface area contributed by atoms with Crippen LogP contribution < -0.4 is 10.9 Å². The molecule has 0 aliphatic carbocycles. The Labute approximate surface area is 113 Å². The van der Waals surface area contributed by atoms with Crippen LogP contribution in [0.3, 0.4) is 0 Å². The second kappa shape index (κ2) is 5.69. The molecule has 2 rings (SSSR count). The van der Waals surface area contributed by atoms with Gasteiger partial charge in [-0.1, -0.05) is 6.07 Å². The van der Waals surface area contributed by atoms with Crippen molar-refractivity contribution in [3.05, 3.63) is 58.8 Å². The Morgan fingerprint density at radius 1 is 1.26 bits per heavy atom. The van der Waals surface area contributed by atoms with Gasteiger partial charge in [0, 0.05) is 36.4 Å². The smallest absolute Gasteiger partial charge is 0.253 e. The average molecular weight is 257 g/mol. The maximum Gasteiger partial charge on any atom is 0.253 e. The highest BCUT2D eigenvalue weighted by atomic mass is 16.1. The molecule has 19 heavy (non-hydrogen) atoms. The van der Waals surface area contributed by atoms with Crippen molar-refractivity contribution in [2.24, 2.45) is 0 Å². The van der Waals surface area contributed by atoms with E-state index in [0.29, 0.717) is 6.04 Å². The Hall–Kier alpha value is -2.10. The molecule has 0 saturated heterocycles. The summed E-state index contributed by atoms with van der Waals surface area (Å²) in [5.74, 6) is 0. The van der Waals surface area contributed by atoms with E-state index in [9.17, 15) is 4.79 Å². The van der Waals surface area contributed by atoms with Gasteiger partial charge in [-0.3, -0.25) is 9.78 Å². The highest BCUT2D eigenvalue weighted by Gasteiger charge is 2.09. The lowest BCUT2D eigenvalue weighted by Gasteiger charge is -2.16. The molecule has 1 atom stereocenters. The maximum atomic E-state index is 12.1. The van der Waals surface area contributed by atoms with Crippen LogP contribution in [0, 0.1) is 0 Å². The van der Waals surface area contributed by atoms with Gasteiger partial charge in [-0.2, -0.15) is 0 Å². The Morgan fingerprint density at radius 3 is 2.63 bits per heavy atom. The van der Waals surface area contributed by atoms with Crippen LogP contribution in [0.1, 0.15) is 32.4 Å². The molecule has 0 radical (unpaired) electrons. The van der Waals surface area contributed by atoms with Crippen molar-refractivity contribution in [1.29, 1.82) is 0 Å². The van der Waals surface area contributed by atoms with Crippen LogP contribution in [-0.4, -0.2) is 15.6 Å². The molecule has 0 bridgehead atoms. The van der Waals surface area contributed by atoms with Crippen molar-refractivity contribution in [1.82, 2.24) is 9.55 Å². The zero-order valence-electron chi connectivity index (χ0n) is 11.5. The first-order valence-electron chi connectivity index (χ1n) is 6.46. The molecule has 1 unspecified atom stereocenters. The number of anilines is 1. The van der Waals surface area contributed by atoms with E-state index in [1.54, 1.807) is 23.0 Å². The lowest BCUT2D eigenvalue weighted by Crippen LogP contribution is -2.24. The first kappa shape index (κ1) is 13.3. The topological polar surface area (TPSA) is 46.9 Å². The van der Waals surface area contributed by atoms with Crippen LogP contribution in [-0.2, 0) is 0 Å². The van der Waals surface area contributed by atoms with Gasteiger partial charge in [0.05, 0.1) is 6.04 Å². The van der Waals surface area contributed by atoms with Crippen LogP contribution in [0.15, 0.2) is 47.7 Å². The monoisotopic (exact) mass is 257 g/mol. The molecule has 2 aromatic heterocycles.